The van der Waals surface area contributed by atoms with Gasteiger partial charge in [0.1, 0.15) is 0 Å². The number of hydrogen-bond donors (Lipinski definition) is 1. The minimum Gasteiger partial charge on any atom is -0.450 e. The van der Waals surface area contributed by atoms with Crippen molar-refractivity contribution < 1.29 is 19.1 Å². The Balaban J connectivity index is 1.51. The maximum absolute atomic E-state index is 13.1. The van der Waals surface area contributed by atoms with Gasteiger partial charge in [-0.3, -0.25) is 14.5 Å². The third-order valence-corrected chi connectivity index (χ3v) is 6.85. The lowest BCUT2D eigenvalue weighted by Gasteiger charge is -2.29. The summed E-state index contributed by atoms with van der Waals surface area (Å²) in [5.41, 5.74) is 1.02. The van der Waals surface area contributed by atoms with E-state index in [2.05, 4.69) is 5.32 Å². The second-order valence-electron chi connectivity index (χ2n) is 6.74. The summed E-state index contributed by atoms with van der Waals surface area (Å²) in [4.78, 5) is 39.2. The van der Waals surface area contributed by atoms with Gasteiger partial charge in [-0.1, -0.05) is 47.1 Å². The van der Waals surface area contributed by atoms with Crippen LogP contribution in [0.4, 0.5) is 11.4 Å². The molecular formula is C20H16Cl2N2O4S. The number of anilines is 2. The van der Waals surface area contributed by atoms with Crippen molar-refractivity contribution >= 4 is 64.1 Å². The molecule has 2 aliphatic heterocycles. The number of ether oxygens (including phenoxy) is 1. The molecule has 0 aliphatic carbocycles. The fourth-order valence-corrected chi connectivity index (χ4v) is 5.14. The molecule has 9 heteroatoms. The summed E-state index contributed by atoms with van der Waals surface area (Å²) < 4.78 is 5.48. The molecule has 0 unspecified atom stereocenters. The minimum absolute atomic E-state index is 0.137. The fourth-order valence-electron chi connectivity index (χ4n) is 3.41. The van der Waals surface area contributed by atoms with Crippen LogP contribution >= 0.6 is 35.0 Å². The van der Waals surface area contributed by atoms with E-state index in [1.165, 1.54) is 29.7 Å². The Morgan fingerprint density at radius 1 is 1.24 bits per heavy atom. The number of esters is 1. The van der Waals surface area contributed by atoms with Crippen LogP contribution < -0.4 is 10.2 Å². The number of benzene rings is 2. The van der Waals surface area contributed by atoms with E-state index in [1.54, 1.807) is 18.2 Å². The van der Waals surface area contributed by atoms with Crippen molar-refractivity contribution in [3.8, 4) is 0 Å². The third kappa shape index (κ3) is 3.47. The molecule has 0 aromatic heterocycles. The van der Waals surface area contributed by atoms with Crippen molar-refractivity contribution in [1.82, 2.24) is 0 Å². The highest BCUT2D eigenvalue weighted by atomic mass is 35.5. The minimum atomic E-state index is -1.18. The average Bonchev–Trinajstić information content (AvgIpc) is 3.20. The molecule has 1 N–H and O–H groups in total. The van der Waals surface area contributed by atoms with E-state index in [9.17, 15) is 14.4 Å². The molecule has 0 bridgehead atoms. The van der Waals surface area contributed by atoms with E-state index in [-0.39, 0.29) is 12.3 Å². The van der Waals surface area contributed by atoms with Gasteiger partial charge in [-0.25, -0.2) is 4.79 Å². The maximum Gasteiger partial charge on any atom is 0.344 e. The first-order valence-electron chi connectivity index (χ1n) is 8.90. The van der Waals surface area contributed by atoms with Crippen LogP contribution in [0.3, 0.4) is 0 Å². The Morgan fingerprint density at radius 3 is 2.79 bits per heavy atom. The van der Waals surface area contributed by atoms with Crippen molar-refractivity contribution in [1.29, 1.82) is 0 Å². The van der Waals surface area contributed by atoms with Crippen molar-refractivity contribution in [2.75, 3.05) is 10.2 Å². The quantitative estimate of drug-likeness (QED) is 0.694. The van der Waals surface area contributed by atoms with Crippen LogP contribution in [0, 0.1) is 0 Å². The molecule has 0 spiro atoms. The first-order chi connectivity index (χ1) is 13.8. The van der Waals surface area contributed by atoms with Gasteiger partial charge in [0.15, 0.2) is 11.0 Å². The molecule has 29 heavy (non-hydrogen) atoms. The van der Waals surface area contributed by atoms with Gasteiger partial charge in [-0.2, -0.15) is 0 Å². The number of thioether (sulfide) groups is 1. The third-order valence-electron chi connectivity index (χ3n) is 4.83. The number of carbonyl (C=O) groups is 3. The summed E-state index contributed by atoms with van der Waals surface area (Å²) in [6.07, 6.45) is -0.526. The number of carbonyl (C=O) groups excluding carboxylic acids is 3. The van der Waals surface area contributed by atoms with Crippen molar-refractivity contribution in [2.45, 2.75) is 35.6 Å². The summed E-state index contributed by atoms with van der Waals surface area (Å²) in [5.74, 6) is -1.30. The van der Waals surface area contributed by atoms with Gasteiger partial charge in [0.2, 0.25) is 5.91 Å². The van der Waals surface area contributed by atoms with E-state index in [0.29, 0.717) is 27.8 Å². The van der Waals surface area contributed by atoms with E-state index in [0.717, 1.165) is 4.90 Å². The summed E-state index contributed by atoms with van der Waals surface area (Å²) in [6, 6.07) is 12.0. The van der Waals surface area contributed by atoms with Gasteiger partial charge < -0.3 is 10.1 Å². The second-order valence-corrected chi connectivity index (χ2v) is 8.91. The highest BCUT2D eigenvalue weighted by Crippen LogP contribution is 2.56. The molecule has 150 valence electrons. The van der Waals surface area contributed by atoms with Crippen molar-refractivity contribution in [2.24, 2.45) is 0 Å². The van der Waals surface area contributed by atoms with Crippen LogP contribution in [-0.4, -0.2) is 28.8 Å². The molecular weight excluding hydrogens is 435 g/mol. The fraction of sp³-hybridized carbons (Fsp3) is 0.250. The lowest BCUT2D eigenvalue weighted by Crippen LogP contribution is -2.49. The average molecular weight is 451 g/mol. The number of nitrogens with one attached hydrogen (secondary N) is 1. The number of halogens is 2. The summed E-state index contributed by atoms with van der Waals surface area (Å²) in [5, 5.41) is 3.33. The smallest absolute Gasteiger partial charge is 0.344 e. The van der Waals surface area contributed by atoms with Gasteiger partial charge in [-0.05, 0) is 37.3 Å². The van der Waals surface area contributed by atoms with Crippen LogP contribution in [-0.2, 0) is 19.1 Å². The Morgan fingerprint density at radius 2 is 2.00 bits per heavy atom. The normalized spacial score (nSPS) is 20.8. The maximum atomic E-state index is 13.1. The van der Waals surface area contributed by atoms with Crippen LogP contribution in [0.15, 0.2) is 47.4 Å². The summed E-state index contributed by atoms with van der Waals surface area (Å²) >= 11 is 13.3. The number of nitrogens with zero attached hydrogens (tertiary/aromatic N) is 1. The molecule has 6 nitrogen and oxygen atoms in total. The molecule has 1 saturated heterocycles. The van der Waals surface area contributed by atoms with Crippen molar-refractivity contribution in [3.63, 3.8) is 0 Å². The zero-order valence-electron chi connectivity index (χ0n) is 15.3. The van der Waals surface area contributed by atoms with Crippen molar-refractivity contribution in [3.05, 3.63) is 52.5 Å². The largest absolute Gasteiger partial charge is 0.450 e. The van der Waals surface area contributed by atoms with E-state index < -0.39 is 22.9 Å². The molecule has 2 atom stereocenters. The molecule has 2 aromatic carbocycles. The van der Waals surface area contributed by atoms with Crippen LogP contribution in [0.2, 0.25) is 10.0 Å². The lowest BCUT2D eigenvalue weighted by molar-refractivity contribution is -0.155. The summed E-state index contributed by atoms with van der Waals surface area (Å²) in [6.45, 7) is 1.47. The molecule has 2 heterocycles. The van der Waals surface area contributed by atoms with Gasteiger partial charge in [0, 0.05) is 22.8 Å². The Kier molecular flexibility index (Phi) is 5.23. The van der Waals surface area contributed by atoms with Gasteiger partial charge in [0.05, 0.1) is 16.4 Å². The number of amides is 2. The first-order valence-corrected chi connectivity index (χ1v) is 10.5. The molecule has 0 radical (unpaired) electrons. The van der Waals surface area contributed by atoms with Crippen LogP contribution in [0.5, 0.6) is 0 Å². The van der Waals surface area contributed by atoms with Gasteiger partial charge >= 0.3 is 5.97 Å². The van der Waals surface area contributed by atoms with E-state index in [1.807, 2.05) is 18.2 Å². The van der Waals surface area contributed by atoms with Gasteiger partial charge in [-0.15, -0.1) is 0 Å². The second kappa shape index (κ2) is 7.55. The molecule has 1 fully saturated rings. The Bertz CT molecular complexity index is 1030. The molecule has 2 aromatic rings. The summed E-state index contributed by atoms with van der Waals surface area (Å²) in [7, 11) is 0. The SMILES string of the molecule is C[C@H](OC(=O)[C@]12CCC(=O)N1c1ccccc1S2)C(=O)Nc1cc(Cl)ccc1Cl. The highest BCUT2D eigenvalue weighted by Gasteiger charge is 2.58. The molecule has 2 amide bonds. The van der Waals surface area contributed by atoms with E-state index in [4.69, 9.17) is 27.9 Å². The number of hydrogen-bond acceptors (Lipinski definition) is 5. The zero-order chi connectivity index (χ0) is 20.8. The predicted octanol–water partition coefficient (Wildman–Crippen LogP) is 4.49. The molecule has 0 saturated carbocycles. The number of rotatable bonds is 4. The molecule has 2 aliphatic rings. The highest BCUT2D eigenvalue weighted by molar-refractivity contribution is 8.02. The predicted molar refractivity (Wildman–Crippen MR) is 112 cm³/mol. The van der Waals surface area contributed by atoms with Crippen LogP contribution in [0.25, 0.3) is 0 Å². The molecule has 4 rings (SSSR count). The standard InChI is InChI=1S/C20H16Cl2N2O4S/c1-11(18(26)23-14-10-12(21)6-7-13(14)22)28-19(27)20-9-8-17(25)24(20)15-4-2-3-5-16(15)29-20/h2-7,10-11H,8-9H2,1H3,(H,23,26)/t11-,20+/m0/s1. The Labute approximate surface area is 181 Å². The monoisotopic (exact) mass is 450 g/mol. The zero-order valence-corrected chi connectivity index (χ0v) is 17.6. The number of fused-ring (bicyclic) bond motifs is 3. The van der Waals surface area contributed by atoms with Crippen LogP contribution in [0.1, 0.15) is 19.8 Å². The van der Waals surface area contributed by atoms with Gasteiger partial charge in [0.25, 0.3) is 5.91 Å². The first kappa shape index (κ1) is 20.1. The number of para-hydroxylation sites is 1. The lowest BCUT2D eigenvalue weighted by atomic mass is 10.2. The topological polar surface area (TPSA) is 75.7 Å². The Hall–Kier alpha value is -2.22. The van der Waals surface area contributed by atoms with E-state index >= 15 is 0 Å².